The molecule has 2 aliphatic heterocycles. The van der Waals surface area contributed by atoms with Crippen molar-refractivity contribution in [3.8, 4) is 0 Å². The number of sulfone groups is 1. The van der Waals surface area contributed by atoms with Crippen molar-refractivity contribution in [1.82, 2.24) is 4.90 Å². The van der Waals surface area contributed by atoms with Crippen molar-refractivity contribution >= 4 is 9.84 Å². The molecular formula is C9H18N2O2S. The van der Waals surface area contributed by atoms with E-state index < -0.39 is 9.84 Å². The van der Waals surface area contributed by atoms with Crippen LogP contribution < -0.4 is 5.73 Å². The van der Waals surface area contributed by atoms with E-state index in [2.05, 4.69) is 4.90 Å². The first-order valence-electron chi connectivity index (χ1n) is 5.25. The second-order valence-corrected chi connectivity index (χ2v) is 6.62. The summed E-state index contributed by atoms with van der Waals surface area (Å²) in [7, 11) is -2.65. The third kappa shape index (κ3) is 2.10. The molecule has 82 valence electrons. The van der Waals surface area contributed by atoms with Gasteiger partial charge in [0.25, 0.3) is 0 Å². The van der Waals surface area contributed by atoms with E-state index in [0.29, 0.717) is 30.0 Å². The van der Waals surface area contributed by atoms with Crippen molar-refractivity contribution in [2.75, 3.05) is 31.1 Å². The van der Waals surface area contributed by atoms with Gasteiger partial charge in [0.05, 0.1) is 11.5 Å². The van der Waals surface area contributed by atoms with E-state index in [-0.39, 0.29) is 0 Å². The Morgan fingerprint density at radius 1 is 1.36 bits per heavy atom. The van der Waals surface area contributed by atoms with Gasteiger partial charge in [-0.1, -0.05) is 0 Å². The van der Waals surface area contributed by atoms with Crippen molar-refractivity contribution in [2.24, 2.45) is 11.7 Å². The minimum absolute atomic E-state index is 0.368. The smallest absolute Gasteiger partial charge is 0.151 e. The fourth-order valence-electron chi connectivity index (χ4n) is 2.51. The minimum Gasteiger partial charge on any atom is -0.329 e. The number of hydrogen-bond acceptors (Lipinski definition) is 4. The predicted molar refractivity (Wildman–Crippen MR) is 55.8 cm³/mol. The summed E-state index contributed by atoms with van der Waals surface area (Å²) < 4.78 is 22.0. The molecule has 5 heteroatoms. The standard InChI is InChI=1S/C9H18N2O2S/c10-4-9-2-1-3-11(9)5-8-6-14(12,13)7-8/h8-9H,1-7,10H2. The monoisotopic (exact) mass is 218 g/mol. The van der Waals surface area contributed by atoms with Crippen LogP contribution in [0.15, 0.2) is 0 Å². The highest BCUT2D eigenvalue weighted by Gasteiger charge is 2.36. The number of likely N-dealkylation sites (tertiary alicyclic amines) is 1. The van der Waals surface area contributed by atoms with Crippen molar-refractivity contribution in [1.29, 1.82) is 0 Å². The maximum absolute atomic E-state index is 11.0. The summed E-state index contributed by atoms with van der Waals surface area (Å²) in [5.74, 6) is 1.15. The first-order chi connectivity index (χ1) is 6.61. The van der Waals surface area contributed by atoms with Gasteiger partial charge in [-0.15, -0.1) is 0 Å². The molecule has 2 rings (SSSR count). The first-order valence-corrected chi connectivity index (χ1v) is 7.07. The molecular weight excluding hydrogens is 200 g/mol. The van der Waals surface area contributed by atoms with E-state index in [1.54, 1.807) is 0 Å². The Bertz CT molecular complexity index is 290. The number of nitrogens with two attached hydrogens (primary N) is 1. The summed E-state index contributed by atoms with van der Waals surface area (Å²) in [5.41, 5.74) is 5.65. The lowest BCUT2D eigenvalue weighted by Crippen LogP contribution is -2.46. The Hall–Kier alpha value is -0.130. The molecule has 0 bridgehead atoms. The van der Waals surface area contributed by atoms with Gasteiger partial charge in [-0.2, -0.15) is 0 Å². The highest BCUT2D eigenvalue weighted by atomic mass is 32.2. The van der Waals surface area contributed by atoms with E-state index in [1.807, 2.05) is 0 Å². The minimum atomic E-state index is -2.65. The van der Waals surface area contributed by atoms with Gasteiger partial charge in [-0.25, -0.2) is 8.42 Å². The van der Waals surface area contributed by atoms with Crippen LogP contribution >= 0.6 is 0 Å². The van der Waals surface area contributed by atoms with E-state index in [4.69, 9.17) is 5.73 Å². The SMILES string of the molecule is NCC1CCCN1CC1CS(=O)(=O)C1. The van der Waals surface area contributed by atoms with Crippen LogP contribution in [0.4, 0.5) is 0 Å². The quantitative estimate of drug-likeness (QED) is 0.690. The average molecular weight is 218 g/mol. The lowest BCUT2D eigenvalue weighted by molar-refractivity contribution is 0.226. The van der Waals surface area contributed by atoms with Crippen LogP contribution in [-0.4, -0.2) is 50.5 Å². The van der Waals surface area contributed by atoms with Gasteiger partial charge in [0.2, 0.25) is 0 Å². The number of hydrogen-bond donors (Lipinski definition) is 1. The molecule has 0 aromatic carbocycles. The molecule has 2 N–H and O–H groups in total. The van der Waals surface area contributed by atoms with Crippen LogP contribution in [0.1, 0.15) is 12.8 Å². The van der Waals surface area contributed by atoms with Crippen LogP contribution in [0, 0.1) is 5.92 Å². The lowest BCUT2D eigenvalue weighted by Gasteiger charge is -2.32. The van der Waals surface area contributed by atoms with E-state index in [0.717, 1.165) is 13.1 Å². The molecule has 0 aliphatic carbocycles. The van der Waals surface area contributed by atoms with Crippen molar-refractivity contribution < 1.29 is 8.42 Å². The van der Waals surface area contributed by atoms with Crippen LogP contribution in [-0.2, 0) is 9.84 Å². The van der Waals surface area contributed by atoms with Crippen LogP contribution in [0.5, 0.6) is 0 Å². The Balaban J connectivity index is 1.81. The van der Waals surface area contributed by atoms with E-state index in [9.17, 15) is 8.42 Å². The van der Waals surface area contributed by atoms with Crippen LogP contribution in [0.25, 0.3) is 0 Å². The van der Waals surface area contributed by atoms with Gasteiger partial charge >= 0.3 is 0 Å². The molecule has 1 unspecified atom stereocenters. The van der Waals surface area contributed by atoms with Gasteiger partial charge in [-0.3, -0.25) is 4.90 Å². The number of nitrogens with zero attached hydrogens (tertiary/aromatic N) is 1. The largest absolute Gasteiger partial charge is 0.329 e. The molecule has 1 atom stereocenters. The fraction of sp³-hybridized carbons (Fsp3) is 1.00. The van der Waals surface area contributed by atoms with Crippen molar-refractivity contribution in [3.63, 3.8) is 0 Å². The molecule has 4 nitrogen and oxygen atoms in total. The lowest BCUT2D eigenvalue weighted by atomic mass is 10.1. The Kier molecular flexibility index (Phi) is 2.81. The molecule has 0 aromatic rings. The third-order valence-corrected chi connectivity index (χ3v) is 5.20. The third-order valence-electron chi connectivity index (χ3n) is 3.24. The average Bonchev–Trinajstić information content (AvgIpc) is 2.48. The molecule has 2 heterocycles. The summed E-state index contributed by atoms with van der Waals surface area (Å²) >= 11 is 0. The maximum atomic E-state index is 11.0. The van der Waals surface area contributed by atoms with Crippen molar-refractivity contribution in [3.05, 3.63) is 0 Å². The zero-order valence-corrected chi connectivity index (χ0v) is 9.17. The molecule has 0 aromatic heterocycles. The van der Waals surface area contributed by atoms with Crippen LogP contribution in [0.2, 0.25) is 0 Å². The maximum Gasteiger partial charge on any atom is 0.151 e. The molecule has 0 spiro atoms. The second-order valence-electron chi connectivity index (χ2n) is 4.47. The topological polar surface area (TPSA) is 63.4 Å². The van der Waals surface area contributed by atoms with E-state index >= 15 is 0 Å². The normalized spacial score (nSPS) is 33.1. The molecule has 2 saturated heterocycles. The van der Waals surface area contributed by atoms with Gasteiger partial charge in [0.15, 0.2) is 9.84 Å². The second kappa shape index (κ2) is 3.79. The number of rotatable bonds is 3. The molecule has 14 heavy (non-hydrogen) atoms. The fourth-order valence-corrected chi connectivity index (χ4v) is 4.06. The first kappa shape index (κ1) is 10.4. The van der Waals surface area contributed by atoms with Crippen molar-refractivity contribution in [2.45, 2.75) is 18.9 Å². The Morgan fingerprint density at radius 2 is 2.07 bits per heavy atom. The summed E-state index contributed by atoms with van der Waals surface area (Å²) in [6.45, 7) is 2.74. The molecule has 2 aliphatic rings. The van der Waals surface area contributed by atoms with Gasteiger partial charge in [0, 0.05) is 19.1 Å². The highest BCUT2D eigenvalue weighted by Crippen LogP contribution is 2.23. The predicted octanol–water partition coefficient (Wildman–Crippen LogP) is -0.546. The van der Waals surface area contributed by atoms with Gasteiger partial charge < -0.3 is 5.73 Å². The summed E-state index contributed by atoms with van der Waals surface area (Å²) in [6, 6.07) is 0.498. The van der Waals surface area contributed by atoms with Gasteiger partial charge in [-0.05, 0) is 25.3 Å². The molecule has 0 saturated carbocycles. The molecule has 2 fully saturated rings. The zero-order chi connectivity index (χ0) is 10.2. The molecule has 0 radical (unpaired) electrons. The zero-order valence-electron chi connectivity index (χ0n) is 8.35. The summed E-state index contributed by atoms with van der Waals surface area (Å²) in [6.07, 6.45) is 2.39. The Morgan fingerprint density at radius 3 is 2.64 bits per heavy atom. The summed E-state index contributed by atoms with van der Waals surface area (Å²) in [5, 5.41) is 0. The van der Waals surface area contributed by atoms with Crippen LogP contribution in [0.3, 0.4) is 0 Å². The molecule has 0 amide bonds. The van der Waals surface area contributed by atoms with Gasteiger partial charge in [0.1, 0.15) is 0 Å². The highest BCUT2D eigenvalue weighted by molar-refractivity contribution is 7.92. The van der Waals surface area contributed by atoms with E-state index in [1.165, 1.54) is 12.8 Å². The summed E-state index contributed by atoms with van der Waals surface area (Å²) in [4.78, 5) is 2.36. The Labute approximate surface area is 85.4 Å².